The fraction of sp³-hybridized carbons (Fsp3) is 0.133. The number of nitrogens with zero attached hydrogens (tertiary/aromatic N) is 1. The van der Waals surface area contributed by atoms with E-state index in [0.29, 0.717) is 12.0 Å². The molecule has 0 radical (unpaired) electrons. The molecule has 1 heterocycles. The van der Waals surface area contributed by atoms with E-state index in [9.17, 15) is 10.0 Å². The Balaban J connectivity index is 1.88. The molecule has 3 rings (SSSR count). The number of esters is 1. The van der Waals surface area contributed by atoms with Gasteiger partial charge in [-0.15, -0.1) is 0 Å². The molecule has 20 heavy (non-hydrogen) atoms. The van der Waals surface area contributed by atoms with Crippen LogP contribution in [0.15, 0.2) is 48.5 Å². The van der Waals surface area contributed by atoms with Gasteiger partial charge in [0.05, 0.1) is 11.3 Å². The summed E-state index contributed by atoms with van der Waals surface area (Å²) in [7, 11) is 0. The Kier molecular flexibility index (Phi) is 3.14. The van der Waals surface area contributed by atoms with Crippen LogP contribution in [0.4, 0.5) is 5.69 Å². The van der Waals surface area contributed by atoms with E-state index in [1.54, 1.807) is 24.3 Å². The second-order valence-corrected chi connectivity index (χ2v) is 4.62. The summed E-state index contributed by atoms with van der Waals surface area (Å²) in [6, 6.07) is 13.7. The van der Waals surface area contributed by atoms with Gasteiger partial charge < -0.3 is 15.2 Å². The summed E-state index contributed by atoms with van der Waals surface area (Å²) >= 11 is 0. The Bertz CT molecular complexity index is 637. The molecule has 1 atom stereocenters. The van der Waals surface area contributed by atoms with Gasteiger partial charge in [-0.2, -0.15) is 0 Å². The molecule has 102 valence electrons. The van der Waals surface area contributed by atoms with E-state index >= 15 is 0 Å². The smallest absolute Gasteiger partial charge is 0.339 e. The van der Waals surface area contributed by atoms with Crippen LogP contribution in [0.25, 0.3) is 0 Å². The number of benzene rings is 2. The molecule has 0 bridgehead atoms. The number of carbonyl (C=O) groups excluding carboxylic acids is 1. The van der Waals surface area contributed by atoms with Crippen LogP contribution in [0, 0.1) is 5.21 Å². The van der Waals surface area contributed by atoms with E-state index in [0.717, 1.165) is 11.1 Å². The first kappa shape index (κ1) is 12.7. The number of cyclic esters (lactones) is 1. The average molecular weight is 270 g/mol. The van der Waals surface area contributed by atoms with E-state index in [-0.39, 0.29) is 23.0 Å². The Morgan fingerprint density at radius 1 is 1.15 bits per heavy atom. The molecular formula is C15H12NO4-. The Morgan fingerprint density at radius 2 is 1.85 bits per heavy atom. The van der Waals surface area contributed by atoms with Crippen molar-refractivity contribution in [3.63, 3.8) is 0 Å². The fourth-order valence-corrected chi connectivity index (χ4v) is 2.33. The lowest BCUT2D eigenvalue weighted by Crippen LogP contribution is -2.21. The summed E-state index contributed by atoms with van der Waals surface area (Å²) in [4.78, 5) is 11.9. The molecule has 0 saturated carbocycles. The Labute approximate surface area is 115 Å². The van der Waals surface area contributed by atoms with Crippen molar-refractivity contribution in [2.45, 2.75) is 12.5 Å². The zero-order valence-corrected chi connectivity index (χ0v) is 10.5. The number of ether oxygens (including phenoxy) is 1. The minimum Gasteiger partial charge on any atom is -0.733 e. The topological polar surface area (TPSA) is 72.8 Å². The maximum atomic E-state index is 11.9. The number of anilines is 1. The average Bonchev–Trinajstić information content (AvgIpc) is 2.47. The van der Waals surface area contributed by atoms with Crippen molar-refractivity contribution < 1.29 is 14.7 Å². The molecule has 1 aliphatic heterocycles. The lowest BCUT2D eigenvalue weighted by Gasteiger charge is -2.26. The van der Waals surface area contributed by atoms with E-state index in [2.05, 4.69) is 0 Å². The molecule has 0 fully saturated rings. The predicted molar refractivity (Wildman–Crippen MR) is 72.4 cm³/mol. The SMILES string of the molecule is O=C1O[C@@H](c2ccc(N([O-])O)cc2)Cc2ccccc21. The fourth-order valence-electron chi connectivity index (χ4n) is 2.33. The summed E-state index contributed by atoms with van der Waals surface area (Å²) in [6.07, 6.45) is 0.229. The molecule has 1 aliphatic rings. The van der Waals surface area contributed by atoms with Crippen molar-refractivity contribution in [3.05, 3.63) is 70.4 Å². The van der Waals surface area contributed by atoms with Gasteiger partial charge in [0, 0.05) is 6.42 Å². The number of rotatable bonds is 2. The highest BCUT2D eigenvalue weighted by Crippen LogP contribution is 2.31. The van der Waals surface area contributed by atoms with Crippen LogP contribution in [0.1, 0.15) is 27.6 Å². The first-order chi connectivity index (χ1) is 9.65. The zero-order valence-electron chi connectivity index (χ0n) is 10.5. The van der Waals surface area contributed by atoms with Gasteiger partial charge in [0.2, 0.25) is 0 Å². The molecule has 2 aromatic carbocycles. The van der Waals surface area contributed by atoms with Crippen LogP contribution < -0.4 is 5.23 Å². The maximum Gasteiger partial charge on any atom is 0.339 e. The van der Waals surface area contributed by atoms with E-state index in [1.807, 2.05) is 12.1 Å². The summed E-state index contributed by atoms with van der Waals surface area (Å²) in [5, 5.41) is 19.3. The standard InChI is InChI=1S/C15H12NO4/c17-15-13-4-2-1-3-11(13)9-14(20-15)10-5-7-12(8-6-10)16(18)19/h1-8,14,18H,9H2/q-1/t14-/m1/s1. The van der Waals surface area contributed by atoms with Gasteiger partial charge in [0.15, 0.2) is 0 Å². The van der Waals surface area contributed by atoms with Crippen LogP contribution in [-0.4, -0.2) is 11.2 Å². The lowest BCUT2D eigenvalue weighted by atomic mass is 9.95. The van der Waals surface area contributed by atoms with Crippen LogP contribution in [0.2, 0.25) is 0 Å². The predicted octanol–water partition coefficient (Wildman–Crippen LogP) is 2.83. The number of hydrogen-bond donors (Lipinski definition) is 1. The van der Waals surface area contributed by atoms with Gasteiger partial charge in [-0.05, 0) is 29.3 Å². The molecule has 5 nitrogen and oxygen atoms in total. The molecule has 0 amide bonds. The van der Waals surface area contributed by atoms with Gasteiger partial charge in [0.1, 0.15) is 6.10 Å². The lowest BCUT2D eigenvalue weighted by molar-refractivity contribution is 0.0253. The van der Waals surface area contributed by atoms with Gasteiger partial charge in [-0.25, -0.2) is 4.79 Å². The molecule has 2 aromatic rings. The second kappa shape index (κ2) is 4.96. The first-order valence-corrected chi connectivity index (χ1v) is 6.20. The third-order valence-corrected chi connectivity index (χ3v) is 3.38. The summed E-state index contributed by atoms with van der Waals surface area (Å²) in [6.45, 7) is 0. The largest absolute Gasteiger partial charge is 0.733 e. The van der Waals surface area contributed by atoms with E-state index in [4.69, 9.17) is 9.94 Å². The van der Waals surface area contributed by atoms with Gasteiger partial charge in [-0.1, -0.05) is 30.3 Å². The summed E-state index contributed by atoms with van der Waals surface area (Å²) in [5.41, 5.74) is 2.47. The molecule has 0 aliphatic carbocycles. The highest BCUT2D eigenvalue weighted by Gasteiger charge is 2.26. The van der Waals surface area contributed by atoms with Crippen molar-refractivity contribution in [3.8, 4) is 0 Å². The highest BCUT2D eigenvalue weighted by molar-refractivity contribution is 5.92. The minimum atomic E-state index is -0.370. The van der Waals surface area contributed by atoms with E-state index < -0.39 is 0 Å². The molecule has 0 spiro atoms. The van der Waals surface area contributed by atoms with Crippen LogP contribution in [-0.2, 0) is 11.2 Å². The molecule has 0 unspecified atom stereocenters. The third kappa shape index (κ3) is 2.24. The van der Waals surface area contributed by atoms with Crippen molar-refractivity contribution in [2.24, 2.45) is 0 Å². The first-order valence-electron chi connectivity index (χ1n) is 6.20. The van der Waals surface area contributed by atoms with Gasteiger partial charge in [-0.3, -0.25) is 5.21 Å². The number of hydrogen-bond acceptors (Lipinski definition) is 5. The molecule has 0 aromatic heterocycles. The summed E-state index contributed by atoms with van der Waals surface area (Å²) < 4.78 is 5.41. The minimum absolute atomic E-state index is 0.135. The number of fused-ring (bicyclic) bond motifs is 1. The molecule has 0 saturated heterocycles. The van der Waals surface area contributed by atoms with Crippen molar-refractivity contribution in [1.82, 2.24) is 0 Å². The van der Waals surface area contributed by atoms with E-state index in [1.165, 1.54) is 12.1 Å². The second-order valence-electron chi connectivity index (χ2n) is 4.62. The van der Waals surface area contributed by atoms with Crippen LogP contribution in [0.3, 0.4) is 0 Å². The van der Waals surface area contributed by atoms with Crippen LogP contribution in [0.5, 0.6) is 0 Å². The van der Waals surface area contributed by atoms with Crippen molar-refractivity contribution in [2.75, 3.05) is 5.23 Å². The molecule has 5 heteroatoms. The summed E-state index contributed by atoms with van der Waals surface area (Å²) in [5.74, 6) is -0.339. The third-order valence-electron chi connectivity index (χ3n) is 3.38. The zero-order chi connectivity index (χ0) is 14.1. The molecular weight excluding hydrogens is 258 g/mol. The van der Waals surface area contributed by atoms with Gasteiger partial charge >= 0.3 is 5.97 Å². The maximum absolute atomic E-state index is 11.9. The van der Waals surface area contributed by atoms with Crippen LogP contribution >= 0.6 is 0 Å². The van der Waals surface area contributed by atoms with Crippen molar-refractivity contribution in [1.29, 1.82) is 0 Å². The number of carbonyl (C=O) groups is 1. The monoisotopic (exact) mass is 270 g/mol. The highest BCUT2D eigenvalue weighted by atomic mass is 16.8. The normalized spacial score (nSPS) is 17.3. The Hall–Kier alpha value is -2.37. The quantitative estimate of drug-likeness (QED) is 0.671. The van der Waals surface area contributed by atoms with Gasteiger partial charge in [0.25, 0.3) is 0 Å². The molecule has 1 N–H and O–H groups in total. The Morgan fingerprint density at radius 3 is 2.55 bits per heavy atom. The van der Waals surface area contributed by atoms with Crippen molar-refractivity contribution >= 4 is 11.7 Å².